The highest BCUT2D eigenvalue weighted by molar-refractivity contribution is 6.21. The van der Waals surface area contributed by atoms with Crippen LogP contribution in [0.1, 0.15) is 71.6 Å². The Labute approximate surface area is 128 Å². The highest BCUT2D eigenvalue weighted by Gasteiger charge is 2.35. The van der Waals surface area contributed by atoms with E-state index in [0.717, 1.165) is 57.9 Å². The van der Waals surface area contributed by atoms with Crippen LogP contribution in [0, 0.1) is 5.92 Å². The van der Waals surface area contributed by atoms with Gasteiger partial charge in [0.1, 0.15) is 0 Å². The second-order valence-corrected chi connectivity index (χ2v) is 6.86. The highest BCUT2D eigenvalue weighted by Crippen LogP contribution is 2.31. The number of carboxylic acids is 1. The average molecular weight is 304 g/mol. The quantitative estimate of drug-likeness (QED) is 0.470. The third kappa shape index (κ3) is 5.61. The van der Waals surface area contributed by atoms with Crippen molar-refractivity contribution in [1.82, 2.24) is 5.32 Å². The largest absolute Gasteiger partial charge is 0.481 e. The average Bonchev–Trinajstić information content (AvgIpc) is 2.79. The zero-order chi connectivity index (χ0) is 15.0. The number of hydrogen-bond donors (Lipinski definition) is 2. The fourth-order valence-electron chi connectivity index (χ4n) is 3.30. The van der Waals surface area contributed by atoms with Crippen LogP contribution in [0.5, 0.6) is 0 Å². The van der Waals surface area contributed by atoms with Crippen LogP contribution in [0.3, 0.4) is 0 Å². The summed E-state index contributed by atoms with van der Waals surface area (Å²) in [5.41, 5.74) is 0.238. The molecular formula is C16H30ClNO2. The van der Waals surface area contributed by atoms with E-state index in [1.54, 1.807) is 0 Å². The summed E-state index contributed by atoms with van der Waals surface area (Å²) in [5, 5.41) is 13.0. The summed E-state index contributed by atoms with van der Waals surface area (Å²) in [7, 11) is 0. The molecule has 0 aliphatic carbocycles. The van der Waals surface area contributed by atoms with E-state index in [4.69, 9.17) is 16.7 Å². The van der Waals surface area contributed by atoms with Gasteiger partial charge in [0, 0.05) is 17.5 Å². The Morgan fingerprint density at radius 2 is 2.10 bits per heavy atom. The van der Waals surface area contributed by atoms with Gasteiger partial charge in [0.15, 0.2) is 0 Å². The smallest absolute Gasteiger partial charge is 0.306 e. The first kappa shape index (κ1) is 17.8. The molecule has 1 fully saturated rings. The Morgan fingerprint density at radius 1 is 1.35 bits per heavy atom. The Morgan fingerprint density at radius 3 is 2.60 bits per heavy atom. The van der Waals surface area contributed by atoms with Crippen LogP contribution in [0.4, 0.5) is 0 Å². The van der Waals surface area contributed by atoms with Crippen molar-refractivity contribution in [2.75, 3.05) is 6.54 Å². The first-order valence-electron chi connectivity index (χ1n) is 8.15. The van der Waals surface area contributed by atoms with E-state index in [1.807, 2.05) is 0 Å². The Balaban J connectivity index is 2.19. The molecule has 1 aliphatic rings. The maximum atomic E-state index is 11.1. The lowest BCUT2D eigenvalue weighted by Gasteiger charge is -2.28. The standard InChI is InChI=1S/C16H30ClNO2/c1-3-8-13(15(19)20)9-6-5-7-10-16(4-2)11-14(17)12-18-16/h13-14,18H,3-12H2,1-2H3,(H,19,20)/t13-,14?,16?/m0/s1. The third-order valence-electron chi connectivity index (χ3n) is 4.68. The summed E-state index contributed by atoms with van der Waals surface area (Å²) >= 11 is 6.20. The van der Waals surface area contributed by atoms with Gasteiger partial charge < -0.3 is 10.4 Å². The highest BCUT2D eigenvalue weighted by atomic mass is 35.5. The lowest BCUT2D eigenvalue weighted by molar-refractivity contribution is -0.142. The number of alkyl halides is 1. The number of halogens is 1. The maximum absolute atomic E-state index is 11.1. The van der Waals surface area contributed by atoms with Crippen molar-refractivity contribution in [1.29, 1.82) is 0 Å². The van der Waals surface area contributed by atoms with Gasteiger partial charge in [-0.25, -0.2) is 0 Å². The summed E-state index contributed by atoms with van der Waals surface area (Å²) in [6, 6.07) is 0. The molecule has 3 nitrogen and oxygen atoms in total. The number of hydrogen-bond acceptors (Lipinski definition) is 2. The van der Waals surface area contributed by atoms with Crippen LogP contribution in [0.25, 0.3) is 0 Å². The molecule has 20 heavy (non-hydrogen) atoms. The second kappa shape index (κ2) is 8.89. The molecule has 1 aliphatic heterocycles. The van der Waals surface area contributed by atoms with Crippen LogP contribution in [-0.2, 0) is 4.79 Å². The summed E-state index contributed by atoms with van der Waals surface area (Å²) in [6.07, 6.45) is 9.28. The molecule has 2 N–H and O–H groups in total. The molecule has 2 unspecified atom stereocenters. The molecule has 3 atom stereocenters. The maximum Gasteiger partial charge on any atom is 0.306 e. The lowest BCUT2D eigenvalue weighted by Crippen LogP contribution is -2.38. The van der Waals surface area contributed by atoms with Gasteiger partial charge in [-0.1, -0.05) is 39.5 Å². The number of unbranched alkanes of at least 4 members (excludes halogenated alkanes) is 2. The first-order valence-corrected chi connectivity index (χ1v) is 8.58. The van der Waals surface area contributed by atoms with Crippen molar-refractivity contribution in [3.8, 4) is 0 Å². The van der Waals surface area contributed by atoms with E-state index >= 15 is 0 Å². The van der Waals surface area contributed by atoms with Crippen molar-refractivity contribution in [3.63, 3.8) is 0 Å². The van der Waals surface area contributed by atoms with Crippen molar-refractivity contribution in [3.05, 3.63) is 0 Å². The SMILES string of the molecule is CCC[C@@H](CCCCCC1(CC)CC(Cl)CN1)C(=O)O. The van der Waals surface area contributed by atoms with Crippen LogP contribution < -0.4 is 5.32 Å². The Kier molecular flexibility index (Phi) is 7.90. The van der Waals surface area contributed by atoms with Gasteiger partial charge in [-0.15, -0.1) is 11.6 Å². The van der Waals surface area contributed by atoms with Gasteiger partial charge in [0.05, 0.1) is 5.92 Å². The molecule has 0 aromatic carbocycles. The zero-order valence-corrected chi connectivity index (χ0v) is 13.7. The summed E-state index contributed by atoms with van der Waals surface area (Å²) < 4.78 is 0. The Bertz CT molecular complexity index is 298. The molecule has 0 radical (unpaired) electrons. The molecule has 0 aromatic heterocycles. The van der Waals surface area contributed by atoms with Crippen LogP contribution >= 0.6 is 11.6 Å². The number of carboxylic acid groups (broad SMARTS) is 1. The molecule has 1 heterocycles. The molecule has 0 saturated carbocycles. The van der Waals surface area contributed by atoms with E-state index in [1.165, 1.54) is 6.42 Å². The van der Waals surface area contributed by atoms with Gasteiger partial charge in [-0.05, 0) is 32.1 Å². The van der Waals surface area contributed by atoms with E-state index in [0.29, 0.717) is 0 Å². The minimum Gasteiger partial charge on any atom is -0.481 e. The normalized spacial score (nSPS) is 27.6. The topological polar surface area (TPSA) is 49.3 Å². The van der Waals surface area contributed by atoms with Crippen molar-refractivity contribution < 1.29 is 9.90 Å². The predicted octanol–water partition coefficient (Wildman–Crippen LogP) is 4.19. The zero-order valence-electron chi connectivity index (χ0n) is 13.0. The fourth-order valence-corrected chi connectivity index (χ4v) is 3.68. The lowest BCUT2D eigenvalue weighted by atomic mass is 9.87. The molecule has 0 amide bonds. The second-order valence-electron chi connectivity index (χ2n) is 6.24. The molecule has 1 rings (SSSR count). The molecule has 0 bridgehead atoms. The molecular weight excluding hydrogens is 274 g/mol. The summed E-state index contributed by atoms with van der Waals surface area (Å²) in [4.78, 5) is 11.1. The van der Waals surface area contributed by atoms with E-state index in [-0.39, 0.29) is 16.8 Å². The Hall–Kier alpha value is -0.280. The van der Waals surface area contributed by atoms with Crippen molar-refractivity contribution in [2.24, 2.45) is 5.92 Å². The van der Waals surface area contributed by atoms with Gasteiger partial charge in [0.25, 0.3) is 0 Å². The van der Waals surface area contributed by atoms with Crippen molar-refractivity contribution in [2.45, 2.75) is 82.6 Å². The monoisotopic (exact) mass is 303 g/mol. The number of nitrogens with one attached hydrogen (secondary N) is 1. The molecule has 0 spiro atoms. The number of rotatable bonds is 10. The van der Waals surface area contributed by atoms with E-state index in [2.05, 4.69) is 19.2 Å². The predicted molar refractivity (Wildman–Crippen MR) is 84.4 cm³/mol. The van der Waals surface area contributed by atoms with E-state index in [9.17, 15) is 4.79 Å². The fraction of sp³-hybridized carbons (Fsp3) is 0.938. The third-order valence-corrected chi connectivity index (χ3v) is 4.99. The summed E-state index contributed by atoms with van der Waals surface area (Å²) in [6.45, 7) is 5.20. The van der Waals surface area contributed by atoms with Crippen LogP contribution in [0.2, 0.25) is 0 Å². The molecule has 1 saturated heterocycles. The number of aliphatic carboxylic acids is 1. The van der Waals surface area contributed by atoms with Crippen LogP contribution in [-0.4, -0.2) is 28.5 Å². The summed E-state index contributed by atoms with van der Waals surface area (Å²) in [5.74, 6) is -0.767. The van der Waals surface area contributed by atoms with Crippen molar-refractivity contribution >= 4 is 17.6 Å². The van der Waals surface area contributed by atoms with Gasteiger partial charge >= 0.3 is 5.97 Å². The van der Waals surface area contributed by atoms with E-state index < -0.39 is 5.97 Å². The minimum atomic E-state index is -0.626. The molecule has 0 aromatic rings. The van der Waals surface area contributed by atoms with Gasteiger partial charge in [-0.3, -0.25) is 4.79 Å². The van der Waals surface area contributed by atoms with Crippen LogP contribution in [0.15, 0.2) is 0 Å². The van der Waals surface area contributed by atoms with Gasteiger partial charge in [-0.2, -0.15) is 0 Å². The van der Waals surface area contributed by atoms with Gasteiger partial charge in [0.2, 0.25) is 0 Å². The number of carbonyl (C=O) groups is 1. The molecule has 118 valence electrons. The first-order chi connectivity index (χ1) is 9.53. The molecule has 4 heteroatoms. The minimum absolute atomic E-state index is 0.142.